The van der Waals surface area contributed by atoms with Gasteiger partial charge in [-0.25, -0.2) is 4.68 Å². The molecule has 0 amide bonds. The molecule has 1 N–H and O–H groups in total. The highest BCUT2D eigenvalue weighted by Gasteiger charge is 2.18. The van der Waals surface area contributed by atoms with Crippen molar-refractivity contribution in [3.63, 3.8) is 0 Å². The summed E-state index contributed by atoms with van der Waals surface area (Å²) in [4.78, 5) is 2.52. The molecule has 1 aliphatic rings. The molecule has 1 atom stereocenters. The Morgan fingerprint density at radius 1 is 1.40 bits per heavy atom. The number of nitrogens with zero attached hydrogens (tertiary/aromatic N) is 4. The maximum Gasteiger partial charge on any atom is 0.113 e. The van der Waals surface area contributed by atoms with Crippen LogP contribution in [-0.4, -0.2) is 46.1 Å². The molecule has 1 unspecified atom stereocenters. The molecule has 3 rings (SSSR count). The van der Waals surface area contributed by atoms with E-state index in [1.54, 1.807) is 0 Å². The van der Waals surface area contributed by atoms with Crippen LogP contribution in [0.1, 0.15) is 18.4 Å². The van der Waals surface area contributed by atoms with Crippen molar-refractivity contribution in [1.29, 1.82) is 0 Å². The maximum absolute atomic E-state index is 4.19. The third kappa shape index (κ3) is 3.11. The number of nitrogens with one attached hydrogen (secondary N) is 1. The fourth-order valence-corrected chi connectivity index (χ4v) is 2.88. The number of likely N-dealkylation sites (N-methyl/N-ethyl adjacent to an activating group) is 1. The van der Waals surface area contributed by atoms with Crippen molar-refractivity contribution < 1.29 is 0 Å². The van der Waals surface area contributed by atoms with Gasteiger partial charge in [-0.3, -0.25) is 4.90 Å². The van der Waals surface area contributed by atoms with Crippen LogP contribution in [0.15, 0.2) is 18.2 Å². The van der Waals surface area contributed by atoms with Crippen LogP contribution in [0, 0.1) is 0 Å². The predicted molar refractivity (Wildman–Crippen MR) is 83.1 cm³/mol. The molecule has 1 fully saturated rings. The Morgan fingerprint density at radius 2 is 2.25 bits per heavy atom. The quantitative estimate of drug-likeness (QED) is 0.934. The molecule has 1 aliphatic heterocycles. The molecule has 1 aromatic carbocycles. The zero-order valence-electron chi connectivity index (χ0n) is 12.0. The van der Waals surface area contributed by atoms with Gasteiger partial charge in [-0.2, -0.15) is 0 Å². The van der Waals surface area contributed by atoms with Gasteiger partial charge in [0.15, 0.2) is 0 Å². The average molecular weight is 296 g/mol. The van der Waals surface area contributed by atoms with E-state index in [2.05, 4.69) is 45.8 Å². The molecule has 2 heterocycles. The van der Waals surface area contributed by atoms with Crippen molar-refractivity contribution in [2.45, 2.75) is 25.4 Å². The second-order valence-electron chi connectivity index (χ2n) is 5.40. The molecular weight excluding hydrogens is 274 g/mol. The minimum atomic E-state index is 0. The largest absolute Gasteiger partial charge is 0.316 e. The standard InChI is InChI=1S/C14H21N5.ClH/c1-15-12-4-3-7-19(10-12)9-11-5-6-14-13(8-11)16-17-18(14)2;/h5-6,8,12,15H,3-4,7,9-10H2,1-2H3;1H. The van der Waals surface area contributed by atoms with Crippen molar-refractivity contribution in [2.75, 3.05) is 20.1 Å². The van der Waals surface area contributed by atoms with Gasteiger partial charge in [0.05, 0.1) is 5.52 Å². The number of likely N-dealkylation sites (tertiary alicyclic amines) is 1. The number of hydrogen-bond donors (Lipinski definition) is 1. The van der Waals surface area contributed by atoms with Gasteiger partial charge < -0.3 is 5.32 Å². The van der Waals surface area contributed by atoms with Crippen LogP contribution in [0.25, 0.3) is 11.0 Å². The van der Waals surface area contributed by atoms with Gasteiger partial charge >= 0.3 is 0 Å². The summed E-state index contributed by atoms with van der Waals surface area (Å²) in [5.41, 5.74) is 3.41. The lowest BCUT2D eigenvalue weighted by Crippen LogP contribution is -2.43. The zero-order chi connectivity index (χ0) is 13.2. The van der Waals surface area contributed by atoms with Crippen LogP contribution in [0.2, 0.25) is 0 Å². The third-order valence-corrected chi connectivity index (χ3v) is 4.00. The topological polar surface area (TPSA) is 46.0 Å². The van der Waals surface area contributed by atoms with E-state index in [0.717, 1.165) is 24.1 Å². The highest BCUT2D eigenvalue weighted by Crippen LogP contribution is 2.17. The summed E-state index contributed by atoms with van der Waals surface area (Å²) in [6.45, 7) is 3.33. The van der Waals surface area contributed by atoms with Gasteiger partial charge in [-0.15, -0.1) is 17.5 Å². The van der Waals surface area contributed by atoms with E-state index in [9.17, 15) is 0 Å². The minimum absolute atomic E-state index is 0. The Balaban J connectivity index is 0.00000147. The molecule has 0 radical (unpaired) electrons. The van der Waals surface area contributed by atoms with Crippen molar-refractivity contribution in [2.24, 2.45) is 7.05 Å². The minimum Gasteiger partial charge on any atom is -0.316 e. The lowest BCUT2D eigenvalue weighted by atomic mass is 10.0. The maximum atomic E-state index is 4.19. The summed E-state index contributed by atoms with van der Waals surface area (Å²) >= 11 is 0. The van der Waals surface area contributed by atoms with Crippen LogP contribution in [0.3, 0.4) is 0 Å². The molecule has 5 nitrogen and oxygen atoms in total. The van der Waals surface area contributed by atoms with E-state index in [-0.39, 0.29) is 12.4 Å². The molecule has 0 spiro atoms. The normalized spacial score (nSPS) is 20.0. The van der Waals surface area contributed by atoms with Gasteiger partial charge in [0.2, 0.25) is 0 Å². The monoisotopic (exact) mass is 295 g/mol. The number of fused-ring (bicyclic) bond motifs is 1. The molecule has 20 heavy (non-hydrogen) atoms. The van der Waals surface area contributed by atoms with Gasteiger partial charge in [0.1, 0.15) is 5.52 Å². The Bertz CT molecular complexity index is 568. The van der Waals surface area contributed by atoms with Crippen LogP contribution in [-0.2, 0) is 13.6 Å². The van der Waals surface area contributed by atoms with Crippen molar-refractivity contribution in [3.05, 3.63) is 23.8 Å². The second-order valence-corrected chi connectivity index (χ2v) is 5.40. The number of rotatable bonds is 3. The molecule has 6 heteroatoms. The van der Waals surface area contributed by atoms with Gasteiger partial charge in [0.25, 0.3) is 0 Å². The number of hydrogen-bond acceptors (Lipinski definition) is 4. The summed E-state index contributed by atoms with van der Waals surface area (Å²) in [6, 6.07) is 7.10. The van der Waals surface area contributed by atoms with Crippen molar-refractivity contribution in [3.8, 4) is 0 Å². The molecule has 0 saturated carbocycles. The Hall–Kier alpha value is -1.17. The second kappa shape index (κ2) is 6.52. The Labute approximate surface area is 125 Å². The summed E-state index contributed by atoms with van der Waals surface area (Å²) in [6.07, 6.45) is 2.56. The number of halogens is 1. The van der Waals surface area contributed by atoms with Gasteiger partial charge in [-0.05, 0) is 44.1 Å². The van der Waals surface area contributed by atoms with E-state index in [0.29, 0.717) is 6.04 Å². The van der Waals surface area contributed by atoms with Crippen LogP contribution in [0.5, 0.6) is 0 Å². The first-order valence-corrected chi connectivity index (χ1v) is 6.94. The fourth-order valence-electron chi connectivity index (χ4n) is 2.88. The smallest absolute Gasteiger partial charge is 0.113 e. The molecule has 0 aliphatic carbocycles. The molecule has 0 bridgehead atoms. The van der Waals surface area contributed by atoms with E-state index in [4.69, 9.17) is 0 Å². The molecule has 110 valence electrons. The molecule has 1 aromatic heterocycles. The first-order chi connectivity index (χ1) is 9.26. The van der Waals surface area contributed by atoms with Crippen LogP contribution in [0.4, 0.5) is 0 Å². The third-order valence-electron chi connectivity index (χ3n) is 4.00. The Kier molecular flexibility index (Phi) is 4.96. The summed E-state index contributed by atoms with van der Waals surface area (Å²) in [5, 5.41) is 11.6. The number of aromatic nitrogens is 3. The lowest BCUT2D eigenvalue weighted by molar-refractivity contribution is 0.188. The molecule has 2 aromatic rings. The lowest BCUT2D eigenvalue weighted by Gasteiger charge is -2.32. The molecule has 1 saturated heterocycles. The van der Waals surface area contributed by atoms with E-state index < -0.39 is 0 Å². The summed E-state index contributed by atoms with van der Waals surface area (Å²) < 4.78 is 1.82. The molecular formula is C14H22ClN5. The van der Waals surface area contributed by atoms with Crippen molar-refractivity contribution >= 4 is 23.4 Å². The number of benzene rings is 1. The SMILES string of the molecule is CNC1CCCN(Cc2ccc3c(c2)nnn3C)C1.Cl. The fraction of sp³-hybridized carbons (Fsp3) is 0.571. The first-order valence-electron chi connectivity index (χ1n) is 6.94. The summed E-state index contributed by atoms with van der Waals surface area (Å²) in [7, 11) is 3.98. The highest BCUT2D eigenvalue weighted by molar-refractivity contribution is 5.85. The van der Waals surface area contributed by atoms with Crippen molar-refractivity contribution in [1.82, 2.24) is 25.2 Å². The Morgan fingerprint density at radius 3 is 3.05 bits per heavy atom. The number of aryl methyl sites for hydroxylation is 1. The average Bonchev–Trinajstić information content (AvgIpc) is 2.80. The van der Waals surface area contributed by atoms with E-state index in [1.165, 1.54) is 24.9 Å². The van der Waals surface area contributed by atoms with Gasteiger partial charge in [-0.1, -0.05) is 11.3 Å². The number of piperidine rings is 1. The van der Waals surface area contributed by atoms with Gasteiger partial charge in [0, 0.05) is 26.2 Å². The first kappa shape index (κ1) is 15.2. The van der Waals surface area contributed by atoms with E-state index >= 15 is 0 Å². The zero-order valence-corrected chi connectivity index (χ0v) is 12.9. The summed E-state index contributed by atoms with van der Waals surface area (Å²) in [5.74, 6) is 0. The highest BCUT2D eigenvalue weighted by atomic mass is 35.5. The van der Waals surface area contributed by atoms with E-state index in [1.807, 2.05) is 11.7 Å². The predicted octanol–water partition coefficient (Wildman–Crippen LogP) is 1.57. The van der Waals surface area contributed by atoms with Crippen LogP contribution >= 0.6 is 12.4 Å². The van der Waals surface area contributed by atoms with Crippen LogP contribution < -0.4 is 5.32 Å².